The average Bonchev–Trinajstić information content (AvgIpc) is 2.99. The Labute approximate surface area is 166 Å². The minimum Gasteiger partial charge on any atom is -0.338 e. The van der Waals surface area contributed by atoms with Crippen molar-refractivity contribution in [3.63, 3.8) is 0 Å². The van der Waals surface area contributed by atoms with Gasteiger partial charge in [-0.1, -0.05) is 17.7 Å². The fraction of sp³-hybridized carbons (Fsp3) is 0.200. The summed E-state index contributed by atoms with van der Waals surface area (Å²) in [5.74, 6) is 0.00744. The number of amides is 1. The standard InChI is InChI=1S/C20H19ClFN5O/c1-2-27-19-14(10-24-27)11-26(18-6-5-15(21)8-17(18)25-19)20(28)12-3-4-13(9-23)16(22)7-12/h3-8,10,25H,2,9,11,23H2,1H3. The van der Waals surface area contributed by atoms with Crippen molar-refractivity contribution < 1.29 is 9.18 Å². The molecular formula is C20H19ClFN5O. The zero-order valence-electron chi connectivity index (χ0n) is 15.2. The van der Waals surface area contributed by atoms with E-state index in [4.69, 9.17) is 17.3 Å². The molecule has 0 saturated carbocycles. The van der Waals surface area contributed by atoms with Crippen LogP contribution in [0.1, 0.15) is 28.4 Å². The summed E-state index contributed by atoms with van der Waals surface area (Å²) < 4.78 is 16.0. The highest BCUT2D eigenvalue weighted by atomic mass is 35.5. The van der Waals surface area contributed by atoms with Gasteiger partial charge in [-0.15, -0.1) is 0 Å². The smallest absolute Gasteiger partial charge is 0.258 e. The normalized spacial score (nSPS) is 12.8. The molecule has 1 amide bonds. The first-order valence-corrected chi connectivity index (χ1v) is 9.31. The summed E-state index contributed by atoms with van der Waals surface area (Å²) in [6.45, 7) is 3.05. The maximum atomic E-state index is 14.2. The van der Waals surface area contributed by atoms with Gasteiger partial charge >= 0.3 is 0 Å². The van der Waals surface area contributed by atoms with Gasteiger partial charge in [0, 0.05) is 34.8 Å². The molecule has 0 bridgehead atoms. The van der Waals surface area contributed by atoms with Crippen LogP contribution in [0, 0.1) is 5.82 Å². The fourth-order valence-electron chi connectivity index (χ4n) is 3.33. The molecule has 0 spiro atoms. The molecular weight excluding hydrogens is 381 g/mol. The Morgan fingerprint density at radius 1 is 1.32 bits per heavy atom. The van der Waals surface area contributed by atoms with Gasteiger partial charge in [0.05, 0.1) is 24.1 Å². The summed E-state index contributed by atoms with van der Waals surface area (Å²) in [6.07, 6.45) is 1.73. The molecule has 0 fully saturated rings. The van der Waals surface area contributed by atoms with Crippen molar-refractivity contribution in [3.8, 4) is 0 Å². The van der Waals surface area contributed by atoms with Crippen molar-refractivity contribution in [1.29, 1.82) is 0 Å². The Kier molecular flexibility index (Phi) is 4.78. The van der Waals surface area contributed by atoms with E-state index in [2.05, 4.69) is 10.4 Å². The molecule has 0 saturated heterocycles. The van der Waals surface area contributed by atoms with E-state index < -0.39 is 5.82 Å². The predicted molar refractivity (Wildman–Crippen MR) is 107 cm³/mol. The summed E-state index contributed by atoms with van der Waals surface area (Å²) in [5.41, 5.74) is 8.36. The third-order valence-electron chi connectivity index (χ3n) is 4.81. The van der Waals surface area contributed by atoms with Crippen molar-refractivity contribution in [2.45, 2.75) is 26.6 Å². The van der Waals surface area contributed by atoms with Gasteiger partial charge in [0.25, 0.3) is 5.91 Å². The molecule has 0 radical (unpaired) electrons. The number of aromatic nitrogens is 2. The number of nitrogens with two attached hydrogens (primary N) is 1. The van der Waals surface area contributed by atoms with Gasteiger partial charge in [-0.3, -0.25) is 4.79 Å². The number of carbonyl (C=O) groups excluding carboxylic acids is 1. The molecule has 0 unspecified atom stereocenters. The third-order valence-corrected chi connectivity index (χ3v) is 5.05. The fourth-order valence-corrected chi connectivity index (χ4v) is 3.51. The van der Waals surface area contributed by atoms with E-state index in [9.17, 15) is 9.18 Å². The number of aryl methyl sites for hydroxylation is 1. The van der Waals surface area contributed by atoms with Crippen LogP contribution in [0.3, 0.4) is 0 Å². The van der Waals surface area contributed by atoms with Gasteiger partial charge < -0.3 is 16.0 Å². The van der Waals surface area contributed by atoms with Crippen molar-refractivity contribution in [2.75, 3.05) is 10.2 Å². The molecule has 144 valence electrons. The van der Waals surface area contributed by atoms with E-state index in [0.29, 0.717) is 35.1 Å². The molecule has 8 heteroatoms. The Bertz CT molecular complexity index is 1060. The first kappa shape index (κ1) is 18.5. The van der Waals surface area contributed by atoms with Crippen LogP contribution in [0.2, 0.25) is 5.02 Å². The summed E-state index contributed by atoms with van der Waals surface area (Å²) in [5, 5.41) is 8.25. The number of fused-ring (bicyclic) bond motifs is 2. The number of anilines is 3. The Hall–Kier alpha value is -2.90. The second-order valence-electron chi connectivity index (χ2n) is 6.52. The molecule has 28 heavy (non-hydrogen) atoms. The number of carbonyl (C=O) groups is 1. The second kappa shape index (κ2) is 7.26. The number of rotatable bonds is 3. The zero-order chi connectivity index (χ0) is 19.8. The summed E-state index contributed by atoms with van der Waals surface area (Å²) in [6, 6.07) is 9.64. The summed E-state index contributed by atoms with van der Waals surface area (Å²) in [4.78, 5) is 14.9. The minimum atomic E-state index is -0.489. The Balaban J connectivity index is 1.81. The van der Waals surface area contributed by atoms with E-state index in [1.165, 1.54) is 6.07 Å². The topological polar surface area (TPSA) is 76.2 Å². The minimum absolute atomic E-state index is 0.0782. The highest BCUT2D eigenvalue weighted by Gasteiger charge is 2.27. The maximum absolute atomic E-state index is 14.2. The molecule has 1 aliphatic heterocycles. The van der Waals surface area contributed by atoms with Gasteiger partial charge in [0.2, 0.25) is 0 Å². The van der Waals surface area contributed by atoms with Crippen molar-refractivity contribution in [1.82, 2.24) is 9.78 Å². The lowest BCUT2D eigenvalue weighted by molar-refractivity contribution is 0.0985. The molecule has 3 N–H and O–H groups in total. The molecule has 2 heterocycles. The molecule has 0 aliphatic carbocycles. The van der Waals surface area contributed by atoms with Gasteiger partial charge in [-0.05, 0) is 37.3 Å². The number of hydrogen-bond acceptors (Lipinski definition) is 4. The lowest BCUT2D eigenvalue weighted by Crippen LogP contribution is -2.30. The highest BCUT2D eigenvalue weighted by molar-refractivity contribution is 6.31. The van der Waals surface area contributed by atoms with Gasteiger partial charge in [0.15, 0.2) is 0 Å². The molecule has 4 rings (SSSR count). The number of nitrogens with zero attached hydrogens (tertiary/aromatic N) is 3. The number of nitrogens with one attached hydrogen (secondary N) is 1. The van der Waals surface area contributed by atoms with Crippen LogP contribution in [0.15, 0.2) is 42.6 Å². The molecule has 1 aliphatic rings. The van der Waals surface area contributed by atoms with E-state index in [1.807, 2.05) is 11.6 Å². The summed E-state index contributed by atoms with van der Waals surface area (Å²) in [7, 11) is 0. The molecule has 3 aromatic rings. The van der Waals surface area contributed by atoms with E-state index in [-0.39, 0.29) is 18.0 Å². The third kappa shape index (κ3) is 3.12. The lowest BCUT2D eigenvalue weighted by atomic mass is 10.1. The van der Waals surface area contributed by atoms with E-state index >= 15 is 0 Å². The van der Waals surface area contributed by atoms with Crippen LogP contribution in [-0.4, -0.2) is 15.7 Å². The molecule has 1 aromatic heterocycles. The average molecular weight is 400 g/mol. The van der Waals surface area contributed by atoms with Crippen LogP contribution in [0.4, 0.5) is 21.6 Å². The quantitative estimate of drug-likeness (QED) is 0.696. The van der Waals surface area contributed by atoms with Crippen LogP contribution >= 0.6 is 11.6 Å². The SMILES string of the molecule is CCn1ncc2c1Nc1cc(Cl)ccc1N(C(=O)c1ccc(CN)c(F)c1)C2. The van der Waals surface area contributed by atoms with Crippen LogP contribution in [0.25, 0.3) is 0 Å². The number of hydrogen-bond donors (Lipinski definition) is 2. The largest absolute Gasteiger partial charge is 0.338 e. The van der Waals surface area contributed by atoms with Crippen molar-refractivity contribution >= 4 is 34.7 Å². The van der Waals surface area contributed by atoms with Crippen molar-refractivity contribution in [3.05, 3.63) is 70.1 Å². The maximum Gasteiger partial charge on any atom is 0.258 e. The Morgan fingerprint density at radius 2 is 2.14 bits per heavy atom. The Morgan fingerprint density at radius 3 is 2.86 bits per heavy atom. The lowest BCUT2D eigenvalue weighted by Gasteiger charge is -2.23. The second-order valence-corrected chi connectivity index (χ2v) is 6.96. The predicted octanol–water partition coefficient (Wildman–Crippen LogP) is 4.06. The monoisotopic (exact) mass is 399 g/mol. The molecule has 6 nitrogen and oxygen atoms in total. The molecule has 0 atom stereocenters. The first-order valence-electron chi connectivity index (χ1n) is 8.93. The van der Waals surface area contributed by atoms with Crippen molar-refractivity contribution in [2.24, 2.45) is 5.73 Å². The number of halogens is 2. The van der Waals surface area contributed by atoms with Gasteiger partial charge in [-0.25, -0.2) is 9.07 Å². The van der Waals surface area contributed by atoms with Crippen LogP contribution < -0.4 is 16.0 Å². The van der Waals surface area contributed by atoms with Crippen LogP contribution in [-0.2, 0) is 19.6 Å². The van der Waals surface area contributed by atoms with Crippen LogP contribution in [0.5, 0.6) is 0 Å². The van der Waals surface area contributed by atoms with Gasteiger partial charge in [0.1, 0.15) is 11.6 Å². The highest BCUT2D eigenvalue weighted by Crippen LogP contribution is 2.38. The van der Waals surface area contributed by atoms with E-state index in [0.717, 1.165) is 11.4 Å². The molecule has 2 aromatic carbocycles. The number of benzene rings is 2. The zero-order valence-corrected chi connectivity index (χ0v) is 16.0. The van der Waals surface area contributed by atoms with E-state index in [1.54, 1.807) is 41.4 Å². The summed E-state index contributed by atoms with van der Waals surface area (Å²) >= 11 is 6.18. The first-order chi connectivity index (χ1) is 13.5. The van der Waals surface area contributed by atoms with Gasteiger partial charge in [-0.2, -0.15) is 5.10 Å².